The Bertz CT molecular complexity index is 1170. The number of nitriles is 1. The maximum absolute atomic E-state index is 12.7. The summed E-state index contributed by atoms with van der Waals surface area (Å²) in [7, 11) is 0. The number of aromatic nitrogens is 3. The third kappa shape index (κ3) is 4.11. The maximum atomic E-state index is 12.7. The highest BCUT2D eigenvalue weighted by atomic mass is 16.1. The van der Waals surface area contributed by atoms with Crippen LogP contribution in [0.15, 0.2) is 47.4 Å². The van der Waals surface area contributed by atoms with Crippen LogP contribution in [0.1, 0.15) is 43.2 Å². The summed E-state index contributed by atoms with van der Waals surface area (Å²) in [6.45, 7) is 2.66. The van der Waals surface area contributed by atoms with Gasteiger partial charge in [-0.15, -0.1) is 0 Å². The molecular formula is C24H25N5O. The molecule has 1 aliphatic rings. The number of pyridine rings is 1. The second kappa shape index (κ2) is 8.50. The van der Waals surface area contributed by atoms with Gasteiger partial charge in [0.05, 0.1) is 23.0 Å². The number of nitrogens with zero attached hydrogens (tertiary/aromatic N) is 4. The Morgan fingerprint density at radius 1 is 1.13 bits per heavy atom. The molecular weight excluding hydrogens is 374 g/mol. The van der Waals surface area contributed by atoms with Crippen LogP contribution in [0.4, 0.5) is 5.95 Å². The fourth-order valence-corrected chi connectivity index (χ4v) is 4.25. The van der Waals surface area contributed by atoms with Crippen molar-refractivity contribution in [2.24, 2.45) is 5.92 Å². The average molecular weight is 399 g/mol. The molecule has 1 saturated carbocycles. The predicted octanol–water partition coefficient (Wildman–Crippen LogP) is 4.31. The number of benzene rings is 1. The number of anilines is 1. The highest BCUT2D eigenvalue weighted by molar-refractivity contribution is 5.72. The summed E-state index contributed by atoms with van der Waals surface area (Å²) in [5.41, 5.74) is 10.2. The molecule has 6 heteroatoms. The zero-order chi connectivity index (χ0) is 21.1. The Morgan fingerprint density at radius 2 is 1.90 bits per heavy atom. The van der Waals surface area contributed by atoms with Crippen LogP contribution in [0.3, 0.4) is 0 Å². The molecule has 2 heterocycles. The lowest BCUT2D eigenvalue weighted by atomic mass is 9.89. The van der Waals surface area contributed by atoms with Crippen LogP contribution >= 0.6 is 0 Å². The monoisotopic (exact) mass is 399 g/mol. The lowest BCUT2D eigenvalue weighted by molar-refractivity contribution is 0.316. The Balaban J connectivity index is 1.67. The first kappa shape index (κ1) is 19.8. The van der Waals surface area contributed by atoms with E-state index in [2.05, 4.69) is 16.0 Å². The van der Waals surface area contributed by atoms with Gasteiger partial charge < -0.3 is 10.3 Å². The normalized spacial score (nSPS) is 14.4. The Labute approximate surface area is 176 Å². The zero-order valence-electron chi connectivity index (χ0n) is 17.1. The van der Waals surface area contributed by atoms with E-state index in [1.807, 2.05) is 37.4 Å². The molecule has 0 bridgehead atoms. The first-order valence-electron chi connectivity index (χ1n) is 10.4. The Morgan fingerprint density at radius 3 is 2.63 bits per heavy atom. The minimum atomic E-state index is -0.0283. The van der Waals surface area contributed by atoms with Gasteiger partial charge in [0.1, 0.15) is 0 Å². The van der Waals surface area contributed by atoms with Crippen molar-refractivity contribution in [2.45, 2.75) is 45.6 Å². The first-order valence-corrected chi connectivity index (χ1v) is 10.4. The van der Waals surface area contributed by atoms with Crippen LogP contribution in [0, 0.1) is 24.2 Å². The molecule has 0 amide bonds. The second-order valence-electron chi connectivity index (χ2n) is 8.00. The van der Waals surface area contributed by atoms with Gasteiger partial charge in [-0.25, -0.2) is 9.97 Å². The summed E-state index contributed by atoms with van der Waals surface area (Å²) in [5, 5.41) is 9.31. The molecule has 6 nitrogen and oxygen atoms in total. The van der Waals surface area contributed by atoms with E-state index >= 15 is 0 Å². The predicted molar refractivity (Wildman–Crippen MR) is 118 cm³/mol. The quantitative estimate of drug-likeness (QED) is 0.705. The van der Waals surface area contributed by atoms with E-state index in [1.54, 1.807) is 16.7 Å². The van der Waals surface area contributed by atoms with Crippen molar-refractivity contribution in [2.75, 3.05) is 5.73 Å². The molecule has 0 saturated heterocycles. The molecule has 2 aromatic heterocycles. The number of hydrogen-bond donors (Lipinski definition) is 1. The molecule has 3 aromatic rings. The zero-order valence-corrected chi connectivity index (χ0v) is 17.1. The summed E-state index contributed by atoms with van der Waals surface area (Å²) in [6.07, 6.45) is 8.06. The van der Waals surface area contributed by atoms with Gasteiger partial charge in [-0.3, -0.25) is 4.79 Å². The van der Waals surface area contributed by atoms with Gasteiger partial charge in [-0.2, -0.15) is 5.26 Å². The van der Waals surface area contributed by atoms with Crippen LogP contribution < -0.4 is 11.3 Å². The summed E-state index contributed by atoms with van der Waals surface area (Å²) in [4.78, 5) is 21.4. The van der Waals surface area contributed by atoms with E-state index < -0.39 is 0 Å². The third-order valence-electron chi connectivity index (χ3n) is 5.95. The lowest BCUT2D eigenvalue weighted by Crippen LogP contribution is -2.24. The minimum absolute atomic E-state index is 0.0283. The molecule has 0 radical (unpaired) electrons. The SMILES string of the molecule is Cc1c(C#N)cccc1-c1cc(-c2ccn(CC3CCCCC3)c(=O)c2)nc(N)n1. The summed E-state index contributed by atoms with van der Waals surface area (Å²) >= 11 is 0. The van der Waals surface area contributed by atoms with E-state index in [1.165, 1.54) is 32.1 Å². The minimum Gasteiger partial charge on any atom is -0.368 e. The highest BCUT2D eigenvalue weighted by Gasteiger charge is 2.15. The van der Waals surface area contributed by atoms with Gasteiger partial charge in [0.15, 0.2) is 0 Å². The van der Waals surface area contributed by atoms with E-state index in [9.17, 15) is 10.1 Å². The number of nitrogens with two attached hydrogens (primary N) is 1. The van der Waals surface area contributed by atoms with Crippen LogP contribution in [-0.4, -0.2) is 14.5 Å². The van der Waals surface area contributed by atoms with Gasteiger partial charge in [-0.1, -0.05) is 31.4 Å². The molecule has 4 rings (SSSR count). The third-order valence-corrected chi connectivity index (χ3v) is 5.95. The topological polar surface area (TPSA) is 97.6 Å². The van der Waals surface area contributed by atoms with Crippen molar-refractivity contribution in [3.05, 3.63) is 64.1 Å². The van der Waals surface area contributed by atoms with Gasteiger partial charge >= 0.3 is 0 Å². The summed E-state index contributed by atoms with van der Waals surface area (Å²) in [6, 6.07) is 13.0. The summed E-state index contributed by atoms with van der Waals surface area (Å²) in [5.74, 6) is 0.717. The number of hydrogen-bond acceptors (Lipinski definition) is 5. The fourth-order valence-electron chi connectivity index (χ4n) is 4.25. The Kier molecular flexibility index (Phi) is 5.62. The summed E-state index contributed by atoms with van der Waals surface area (Å²) < 4.78 is 1.80. The molecule has 0 unspecified atom stereocenters. The van der Waals surface area contributed by atoms with Crippen molar-refractivity contribution >= 4 is 5.95 Å². The molecule has 2 N–H and O–H groups in total. The molecule has 0 atom stereocenters. The molecule has 0 spiro atoms. The van der Waals surface area contributed by atoms with Crippen molar-refractivity contribution in [3.63, 3.8) is 0 Å². The molecule has 152 valence electrons. The average Bonchev–Trinajstić information content (AvgIpc) is 2.75. The van der Waals surface area contributed by atoms with E-state index in [0.29, 0.717) is 28.4 Å². The van der Waals surface area contributed by atoms with Gasteiger partial charge in [-0.05, 0) is 49.4 Å². The first-order chi connectivity index (χ1) is 14.5. The van der Waals surface area contributed by atoms with Gasteiger partial charge in [0, 0.05) is 29.9 Å². The molecule has 30 heavy (non-hydrogen) atoms. The highest BCUT2D eigenvalue weighted by Crippen LogP contribution is 2.28. The molecule has 1 fully saturated rings. The van der Waals surface area contributed by atoms with E-state index in [4.69, 9.17) is 5.73 Å². The molecule has 1 aromatic carbocycles. The van der Waals surface area contributed by atoms with Gasteiger partial charge in [0.2, 0.25) is 5.95 Å². The molecule has 0 aliphatic heterocycles. The number of rotatable bonds is 4. The van der Waals surface area contributed by atoms with Crippen molar-refractivity contribution < 1.29 is 0 Å². The standard InChI is InChI=1S/C24H25N5O/c1-16-19(14-25)8-5-9-20(16)22-13-21(27-24(26)28-22)18-10-11-29(23(30)12-18)15-17-6-3-2-4-7-17/h5,8-13,17H,2-4,6-7,15H2,1H3,(H2,26,27,28). The van der Waals surface area contributed by atoms with Crippen LogP contribution in [0.5, 0.6) is 0 Å². The van der Waals surface area contributed by atoms with Crippen LogP contribution in [0.2, 0.25) is 0 Å². The van der Waals surface area contributed by atoms with E-state index in [0.717, 1.165) is 17.7 Å². The fraction of sp³-hybridized carbons (Fsp3) is 0.333. The van der Waals surface area contributed by atoms with Crippen molar-refractivity contribution in [1.29, 1.82) is 5.26 Å². The van der Waals surface area contributed by atoms with Crippen molar-refractivity contribution in [3.8, 4) is 28.6 Å². The van der Waals surface area contributed by atoms with Gasteiger partial charge in [0.25, 0.3) is 5.56 Å². The number of nitrogen functional groups attached to an aromatic ring is 1. The second-order valence-corrected chi connectivity index (χ2v) is 8.00. The van der Waals surface area contributed by atoms with Crippen molar-refractivity contribution in [1.82, 2.24) is 14.5 Å². The Hall–Kier alpha value is -3.46. The smallest absolute Gasteiger partial charge is 0.251 e. The van der Waals surface area contributed by atoms with Crippen LogP contribution in [0.25, 0.3) is 22.5 Å². The van der Waals surface area contributed by atoms with Crippen LogP contribution in [-0.2, 0) is 6.54 Å². The molecule has 1 aliphatic carbocycles. The largest absolute Gasteiger partial charge is 0.368 e. The van der Waals surface area contributed by atoms with E-state index in [-0.39, 0.29) is 11.5 Å². The lowest BCUT2D eigenvalue weighted by Gasteiger charge is -2.22. The maximum Gasteiger partial charge on any atom is 0.251 e.